The number of aryl methyl sites for hydroxylation is 1. The summed E-state index contributed by atoms with van der Waals surface area (Å²) >= 11 is 0. The zero-order chi connectivity index (χ0) is 39.4. The van der Waals surface area contributed by atoms with Crippen molar-refractivity contribution in [3.63, 3.8) is 0 Å². The number of hydrogen-bond acceptors (Lipinski definition) is 15. The lowest BCUT2D eigenvalue weighted by Crippen LogP contribution is -2.61. The highest BCUT2D eigenvalue weighted by Crippen LogP contribution is 2.38. The Morgan fingerprint density at radius 1 is 0.745 bits per heavy atom. The highest BCUT2D eigenvalue weighted by molar-refractivity contribution is 5.89. The van der Waals surface area contributed by atoms with Gasteiger partial charge in [0.05, 0.1) is 0 Å². The second kappa shape index (κ2) is 16.1. The van der Waals surface area contributed by atoms with Gasteiger partial charge < -0.3 is 59.1 Å². The van der Waals surface area contributed by atoms with Crippen LogP contribution in [0, 0.1) is 6.92 Å². The Morgan fingerprint density at radius 3 is 2.07 bits per heavy atom. The number of aliphatic hydroxyl groups is 2. The first-order valence-electron chi connectivity index (χ1n) is 16.6. The molecule has 3 unspecified atom stereocenters. The van der Waals surface area contributed by atoms with Crippen LogP contribution in [0.25, 0.3) is 34.4 Å². The van der Waals surface area contributed by atoms with Crippen molar-refractivity contribution < 1.29 is 68.7 Å². The van der Waals surface area contributed by atoms with Gasteiger partial charge in [-0.25, -0.2) is 9.59 Å². The second-order valence-electron chi connectivity index (χ2n) is 12.5. The Kier molecular flexibility index (Phi) is 11.1. The third kappa shape index (κ3) is 8.71. The van der Waals surface area contributed by atoms with Gasteiger partial charge >= 0.3 is 11.9 Å². The molecule has 0 amide bonds. The third-order valence-electron chi connectivity index (χ3n) is 8.50. The molecule has 1 fully saturated rings. The molecule has 1 aromatic heterocycles. The van der Waals surface area contributed by atoms with Crippen LogP contribution in [0.4, 0.5) is 0 Å². The normalized spacial score (nSPS) is 19.8. The molecule has 0 aliphatic carbocycles. The number of carbonyl (C=O) groups excluding carboxylic acids is 2. The molecule has 4 aromatic carbocycles. The Labute approximate surface area is 311 Å². The van der Waals surface area contributed by atoms with Crippen LogP contribution in [0.5, 0.6) is 34.5 Å². The van der Waals surface area contributed by atoms with Crippen LogP contribution >= 0.6 is 0 Å². The Balaban J connectivity index is 1.32. The maximum Gasteiger partial charge on any atom is 0.331 e. The number of fused-ring (bicyclic) bond motifs is 1. The molecule has 5 atom stereocenters. The smallest absolute Gasteiger partial charge is 0.331 e. The van der Waals surface area contributed by atoms with Crippen molar-refractivity contribution in [1.29, 1.82) is 0 Å². The van der Waals surface area contributed by atoms with Gasteiger partial charge in [-0.2, -0.15) is 0 Å². The number of ether oxygens (including phenoxy) is 4. The minimum atomic E-state index is -2.00. The highest BCUT2D eigenvalue weighted by atomic mass is 16.7. The molecule has 55 heavy (non-hydrogen) atoms. The van der Waals surface area contributed by atoms with Gasteiger partial charge in [0.2, 0.25) is 17.5 Å². The van der Waals surface area contributed by atoms with Crippen LogP contribution in [-0.2, 0) is 23.8 Å². The van der Waals surface area contributed by atoms with Crippen LogP contribution in [0.2, 0.25) is 0 Å². The van der Waals surface area contributed by atoms with Crippen molar-refractivity contribution >= 4 is 35.1 Å². The van der Waals surface area contributed by atoms with E-state index in [1.54, 1.807) is 19.1 Å². The van der Waals surface area contributed by atoms with Crippen molar-refractivity contribution in [1.82, 2.24) is 0 Å². The van der Waals surface area contributed by atoms with E-state index in [2.05, 4.69) is 0 Å². The Hall–Kier alpha value is -6.81. The van der Waals surface area contributed by atoms with E-state index in [9.17, 15) is 50.1 Å². The lowest BCUT2D eigenvalue weighted by molar-refractivity contribution is -0.281. The van der Waals surface area contributed by atoms with Crippen molar-refractivity contribution in [2.75, 3.05) is 6.61 Å². The SMILES string of the molecule is Cc1cc(/C=C/C(=O)OCC2O[C@@H](Oc3c(-c4ccc(O)cc4)oc4cc(O)cc(O)c4c3=O)C(O)C(OC(=O)/C=C/c3ccc(O)cc3)[C@H]2O)ccc1O. The highest BCUT2D eigenvalue weighted by Gasteiger charge is 2.49. The maximum absolute atomic E-state index is 13.9. The number of benzene rings is 4. The molecule has 7 N–H and O–H groups in total. The first-order chi connectivity index (χ1) is 26.3. The molecule has 15 nitrogen and oxygen atoms in total. The minimum Gasteiger partial charge on any atom is -0.508 e. The van der Waals surface area contributed by atoms with Crippen LogP contribution in [0.3, 0.4) is 0 Å². The third-order valence-corrected chi connectivity index (χ3v) is 8.50. The molecule has 0 spiro atoms. The van der Waals surface area contributed by atoms with Gasteiger partial charge in [0.1, 0.15) is 58.5 Å². The second-order valence-corrected chi connectivity index (χ2v) is 12.5. The molecule has 6 rings (SSSR count). The molecule has 0 bridgehead atoms. The van der Waals surface area contributed by atoms with Crippen molar-refractivity contribution in [3.05, 3.63) is 118 Å². The molecule has 0 saturated carbocycles. The van der Waals surface area contributed by atoms with Gasteiger partial charge in [-0.1, -0.05) is 18.2 Å². The summed E-state index contributed by atoms with van der Waals surface area (Å²) in [6.07, 6.45) is -4.21. The van der Waals surface area contributed by atoms with Crippen LogP contribution in [0.1, 0.15) is 16.7 Å². The number of carbonyl (C=O) groups is 2. The summed E-state index contributed by atoms with van der Waals surface area (Å²) in [7, 11) is 0. The zero-order valence-electron chi connectivity index (χ0n) is 28.8. The number of aromatic hydroxyl groups is 5. The molecular weight excluding hydrogens is 720 g/mol. The topological polar surface area (TPSA) is 243 Å². The molecule has 284 valence electrons. The van der Waals surface area contributed by atoms with E-state index in [4.69, 9.17) is 23.4 Å². The number of rotatable bonds is 10. The molecule has 1 aliphatic rings. The van der Waals surface area contributed by atoms with Gasteiger partial charge in [0.25, 0.3) is 0 Å². The molecule has 1 aliphatic heterocycles. The van der Waals surface area contributed by atoms with Gasteiger partial charge in [0.15, 0.2) is 18.0 Å². The predicted molar refractivity (Wildman–Crippen MR) is 194 cm³/mol. The Morgan fingerprint density at radius 2 is 1.38 bits per heavy atom. The summed E-state index contributed by atoms with van der Waals surface area (Å²) < 4.78 is 28.4. The van der Waals surface area contributed by atoms with Crippen LogP contribution in [0.15, 0.2) is 100 Å². The van der Waals surface area contributed by atoms with Crippen LogP contribution < -0.4 is 10.2 Å². The molecule has 5 aromatic rings. The number of aliphatic hydroxyl groups excluding tert-OH is 2. The van der Waals surface area contributed by atoms with Gasteiger partial charge in [0, 0.05) is 29.8 Å². The van der Waals surface area contributed by atoms with Gasteiger partial charge in [-0.15, -0.1) is 0 Å². The first-order valence-corrected chi connectivity index (χ1v) is 16.6. The fourth-order valence-electron chi connectivity index (χ4n) is 5.65. The van der Waals surface area contributed by atoms with E-state index in [0.29, 0.717) is 16.7 Å². The summed E-state index contributed by atoms with van der Waals surface area (Å²) in [5.74, 6) is -3.96. The number of esters is 2. The van der Waals surface area contributed by atoms with E-state index in [0.717, 1.165) is 24.3 Å². The van der Waals surface area contributed by atoms with Crippen LogP contribution in [-0.4, -0.2) is 85.0 Å². The summed E-state index contributed by atoms with van der Waals surface area (Å²) in [4.78, 5) is 39.6. The van der Waals surface area contributed by atoms with E-state index in [1.807, 2.05) is 0 Å². The molecular formula is C40H34O15. The predicted octanol–water partition coefficient (Wildman–Crippen LogP) is 4.00. The summed E-state index contributed by atoms with van der Waals surface area (Å²) in [6.45, 7) is 1.01. The zero-order valence-corrected chi connectivity index (χ0v) is 28.8. The number of phenolic OH excluding ortho intramolecular Hbond substituents is 5. The van der Waals surface area contributed by atoms with Gasteiger partial charge in [-0.3, -0.25) is 4.79 Å². The average molecular weight is 755 g/mol. The minimum absolute atomic E-state index is 0.000666. The molecule has 1 saturated heterocycles. The summed E-state index contributed by atoms with van der Waals surface area (Å²) in [6, 6.07) is 17.8. The average Bonchev–Trinajstić information content (AvgIpc) is 3.15. The van der Waals surface area contributed by atoms with E-state index < -0.39 is 77.3 Å². The molecule has 15 heteroatoms. The van der Waals surface area contributed by atoms with E-state index >= 15 is 0 Å². The van der Waals surface area contributed by atoms with Crippen molar-refractivity contribution in [2.24, 2.45) is 0 Å². The standard InChI is InChI=1S/C40H34O15/c1-20-16-22(4-13-27(20)44)6-14-31(46)51-19-30-34(48)38(54-32(47)15-5-21-2-9-24(41)10-3-21)36(50)40(53-30)55-39-35(49)33-28(45)17-26(43)18-29(33)52-37(39)23-7-11-25(42)12-8-23/h2-18,30,34,36,38,40-45,48,50H,19H2,1H3/b14-6+,15-5+/t30?,34-,36?,38?,40-/m0/s1. The fraction of sp³-hybridized carbons (Fsp3) is 0.175. The van der Waals surface area contributed by atoms with Crippen molar-refractivity contribution in [2.45, 2.75) is 37.6 Å². The number of phenols is 5. The first kappa shape index (κ1) is 37.9. The van der Waals surface area contributed by atoms with E-state index in [-0.39, 0.29) is 34.2 Å². The molecule has 0 radical (unpaired) electrons. The summed E-state index contributed by atoms with van der Waals surface area (Å²) in [5, 5.41) is 72.1. The maximum atomic E-state index is 13.9. The van der Waals surface area contributed by atoms with E-state index in [1.165, 1.54) is 66.7 Å². The lowest BCUT2D eigenvalue weighted by atomic mass is 9.98. The fourth-order valence-corrected chi connectivity index (χ4v) is 5.65. The largest absolute Gasteiger partial charge is 0.508 e. The summed E-state index contributed by atoms with van der Waals surface area (Å²) in [5.41, 5.74) is 0.594. The monoisotopic (exact) mass is 754 g/mol. The lowest BCUT2D eigenvalue weighted by Gasteiger charge is -2.41. The number of hydrogen-bond donors (Lipinski definition) is 7. The Bertz CT molecular complexity index is 2330. The molecule has 2 heterocycles. The van der Waals surface area contributed by atoms with Crippen molar-refractivity contribution in [3.8, 4) is 45.8 Å². The quantitative estimate of drug-likeness (QED) is 0.0787. The van der Waals surface area contributed by atoms with Gasteiger partial charge in [-0.05, 0) is 84.3 Å².